The Hall–Kier alpha value is -5.32. The van der Waals surface area contributed by atoms with Gasteiger partial charge in [-0.1, -0.05) is 24.3 Å². The van der Waals surface area contributed by atoms with Gasteiger partial charge in [-0.3, -0.25) is 4.79 Å². The normalized spacial score (nSPS) is 20.4. The van der Waals surface area contributed by atoms with Crippen LogP contribution in [-0.4, -0.2) is 65.9 Å². The number of nitrogens with two attached hydrogens (primary N) is 1. The van der Waals surface area contributed by atoms with E-state index in [0.717, 1.165) is 12.1 Å². The molecule has 1 aromatic heterocycles. The molecule has 0 radical (unpaired) electrons. The molecule has 1 fully saturated rings. The van der Waals surface area contributed by atoms with E-state index in [1.807, 2.05) is 0 Å². The van der Waals surface area contributed by atoms with E-state index in [1.165, 1.54) is 56.5 Å². The standard InChI is InChI=1S/C33H31F3N2O11/c1-15-21(45-30-24(40)26(47-31(37)43)27(44-4)32(2,3)49-30)13-12-20-23(39)22(29(42)46-25(15)20)38-28(41)18-7-5-6-17(14-18)16-8-10-19(11-9-16)48-33(34,35)36/h5-14,24,26-27,30,39-40H,1-4H3,(H2,37,43)(H,38,41)/t24-,26+,27-,30-/m1/s1. The summed E-state index contributed by atoms with van der Waals surface area (Å²) < 4.78 is 69.2. The van der Waals surface area contributed by atoms with E-state index in [-0.39, 0.29) is 27.8 Å². The molecule has 0 spiro atoms. The molecule has 4 atom stereocenters. The van der Waals surface area contributed by atoms with Crippen molar-refractivity contribution in [3.8, 4) is 28.4 Å². The first-order valence-electron chi connectivity index (χ1n) is 14.6. The van der Waals surface area contributed by atoms with Crippen molar-refractivity contribution in [2.24, 2.45) is 5.73 Å². The Kier molecular flexibility index (Phi) is 9.50. The molecule has 0 bridgehead atoms. The Morgan fingerprint density at radius 2 is 1.73 bits per heavy atom. The zero-order valence-electron chi connectivity index (χ0n) is 26.4. The van der Waals surface area contributed by atoms with Crippen molar-refractivity contribution in [1.82, 2.24) is 0 Å². The number of anilines is 1. The van der Waals surface area contributed by atoms with Crippen molar-refractivity contribution < 1.29 is 61.1 Å². The van der Waals surface area contributed by atoms with Crippen molar-refractivity contribution in [3.05, 3.63) is 82.2 Å². The molecule has 0 aliphatic carbocycles. The maximum Gasteiger partial charge on any atom is 0.573 e. The first-order valence-corrected chi connectivity index (χ1v) is 14.6. The van der Waals surface area contributed by atoms with Crippen LogP contribution in [-0.2, 0) is 14.2 Å². The Labute approximate surface area is 275 Å². The molecule has 260 valence electrons. The van der Waals surface area contributed by atoms with Crippen LogP contribution in [0.1, 0.15) is 29.8 Å². The van der Waals surface area contributed by atoms with Crippen LogP contribution in [0.15, 0.2) is 69.9 Å². The van der Waals surface area contributed by atoms with Gasteiger partial charge >= 0.3 is 18.1 Å². The van der Waals surface area contributed by atoms with Crippen molar-refractivity contribution >= 4 is 28.7 Å². The van der Waals surface area contributed by atoms with Gasteiger partial charge in [0.2, 0.25) is 6.29 Å². The second kappa shape index (κ2) is 13.3. The summed E-state index contributed by atoms with van der Waals surface area (Å²) in [5, 5.41) is 24.4. The average Bonchev–Trinajstić information content (AvgIpc) is 3.02. The van der Waals surface area contributed by atoms with Gasteiger partial charge in [-0.05, 0) is 68.3 Å². The van der Waals surface area contributed by atoms with Crippen molar-refractivity contribution in [3.63, 3.8) is 0 Å². The van der Waals surface area contributed by atoms with Crippen LogP contribution in [0.5, 0.6) is 17.2 Å². The average molecular weight is 689 g/mol. The Morgan fingerprint density at radius 1 is 1.04 bits per heavy atom. The van der Waals surface area contributed by atoms with Gasteiger partial charge in [0.25, 0.3) is 5.91 Å². The fourth-order valence-electron chi connectivity index (χ4n) is 5.55. The van der Waals surface area contributed by atoms with E-state index in [0.29, 0.717) is 11.1 Å². The van der Waals surface area contributed by atoms with Gasteiger partial charge in [0, 0.05) is 18.2 Å². The second-order valence-electron chi connectivity index (χ2n) is 11.5. The molecule has 4 aromatic rings. The summed E-state index contributed by atoms with van der Waals surface area (Å²) in [6, 6.07) is 13.8. The number of carbonyl (C=O) groups is 2. The van der Waals surface area contributed by atoms with Crippen LogP contribution >= 0.6 is 0 Å². The molecule has 3 aromatic carbocycles. The summed E-state index contributed by atoms with van der Waals surface area (Å²) in [5.41, 5.74) is 3.57. The van der Waals surface area contributed by atoms with Crippen LogP contribution in [0.4, 0.5) is 23.7 Å². The number of carbonyl (C=O) groups excluding carboxylic acids is 2. The Bertz CT molecular complexity index is 1940. The number of benzene rings is 3. The molecule has 1 aliphatic rings. The third kappa shape index (κ3) is 7.40. The first kappa shape index (κ1) is 35.0. The molecular formula is C33H31F3N2O11. The van der Waals surface area contributed by atoms with Crippen molar-refractivity contribution in [2.45, 2.75) is 57.3 Å². The first-order chi connectivity index (χ1) is 23.0. The van der Waals surface area contributed by atoms with Crippen molar-refractivity contribution in [2.75, 3.05) is 12.4 Å². The van der Waals surface area contributed by atoms with Gasteiger partial charge in [-0.2, -0.15) is 0 Å². The third-order valence-corrected chi connectivity index (χ3v) is 7.80. The zero-order chi connectivity index (χ0) is 35.8. The number of halogens is 3. The summed E-state index contributed by atoms with van der Waals surface area (Å²) in [5.74, 6) is -1.72. The molecule has 2 heterocycles. The maximum atomic E-state index is 13.2. The molecular weight excluding hydrogens is 657 g/mol. The predicted molar refractivity (Wildman–Crippen MR) is 166 cm³/mol. The number of rotatable bonds is 8. The number of fused-ring (bicyclic) bond motifs is 1. The van der Waals surface area contributed by atoms with Crippen LogP contribution in [0.2, 0.25) is 0 Å². The summed E-state index contributed by atoms with van der Waals surface area (Å²) >= 11 is 0. The molecule has 0 saturated carbocycles. The SMILES string of the molecule is CO[C@@H]1[C@@H](OC(N)=O)[C@@H](O)[C@H](Oc2ccc3c(O)c(NC(=O)c4cccc(-c5ccc(OC(F)(F)F)cc5)c4)c(=O)oc3c2C)OC1(C)C. The lowest BCUT2D eigenvalue weighted by Crippen LogP contribution is -2.65. The lowest BCUT2D eigenvalue weighted by molar-refractivity contribution is -0.304. The van der Waals surface area contributed by atoms with Crippen LogP contribution < -0.4 is 26.1 Å². The quantitative estimate of drug-likeness (QED) is 0.183. The van der Waals surface area contributed by atoms with Gasteiger partial charge in [-0.25, -0.2) is 9.59 Å². The molecule has 1 aliphatic heterocycles. The monoisotopic (exact) mass is 688 g/mol. The van der Waals surface area contributed by atoms with Gasteiger partial charge in [0.15, 0.2) is 23.6 Å². The van der Waals surface area contributed by atoms with Crippen molar-refractivity contribution in [1.29, 1.82) is 0 Å². The van der Waals surface area contributed by atoms with Gasteiger partial charge in [0.05, 0.1) is 11.0 Å². The topological polar surface area (TPSA) is 189 Å². The fraction of sp³-hybridized carbons (Fsp3) is 0.303. The fourth-order valence-corrected chi connectivity index (χ4v) is 5.55. The number of aromatic hydroxyl groups is 1. The van der Waals surface area contributed by atoms with Gasteiger partial charge in [-0.15, -0.1) is 13.2 Å². The number of methoxy groups -OCH3 is 1. The van der Waals surface area contributed by atoms with Gasteiger partial charge in [0.1, 0.15) is 23.2 Å². The molecule has 5 rings (SSSR count). The van der Waals surface area contributed by atoms with E-state index in [2.05, 4.69) is 10.1 Å². The number of hydrogen-bond donors (Lipinski definition) is 4. The maximum absolute atomic E-state index is 13.2. The zero-order valence-corrected chi connectivity index (χ0v) is 26.4. The smallest absolute Gasteiger partial charge is 0.505 e. The van der Waals surface area contributed by atoms with E-state index >= 15 is 0 Å². The lowest BCUT2D eigenvalue weighted by Gasteiger charge is -2.47. The van der Waals surface area contributed by atoms with E-state index in [9.17, 15) is 37.8 Å². The number of aliphatic hydroxyl groups excluding tert-OH is 1. The number of aryl methyl sites for hydroxylation is 1. The Balaban J connectivity index is 1.38. The highest BCUT2D eigenvalue weighted by molar-refractivity contribution is 6.07. The minimum atomic E-state index is -4.84. The Morgan fingerprint density at radius 3 is 2.37 bits per heavy atom. The predicted octanol–water partition coefficient (Wildman–Crippen LogP) is 4.98. The minimum absolute atomic E-state index is 0.0366. The van der Waals surface area contributed by atoms with E-state index in [4.69, 9.17) is 29.1 Å². The molecule has 5 N–H and O–H groups in total. The number of ether oxygens (including phenoxy) is 5. The summed E-state index contributed by atoms with van der Waals surface area (Å²) in [6.45, 7) is 4.78. The third-order valence-electron chi connectivity index (χ3n) is 7.80. The molecule has 16 heteroatoms. The van der Waals surface area contributed by atoms with Crippen LogP contribution in [0.3, 0.4) is 0 Å². The number of amides is 2. The summed E-state index contributed by atoms with van der Waals surface area (Å²) in [6.07, 6.45) is -11.1. The highest BCUT2D eigenvalue weighted by Gasteiger charge is 2.53. The highest BCUT2D eigenvalue weighted by atomic mass is 19.4. The molecule has 13 nitrogen and oxygen atoms in total. The largest absolute Gasteiger partial charge is 0.573 e. The van der Waals surface area contributed by atoms with E-state index in [1.54, 1.807) is 19.9 Å². The molecule has 49 heavy (non-hydrogen) atoms. The summed E-state index contributed by atoms with van der Waals surface area (Å²) in [7, 11) is 1.35. The number of hydrogen-bond acceptors (Lipinski definition) is 11. The van der Waals surface area contributed by atoms with Crippen LogP contribution in [0.25, 0.3) is 22.1 Å². The highest BCUT2D eigenvalue weighted by Crippen LogP contribution is 2.39. The van der Waals surface area contributed by atoms with Gasteiger partial charge < -0.3 is 49.4 Å². The molecule has 2 amide bonds. The number of alkyl halides is 3. The minimum Gasteiger partial charge on any atom is -0.505 e. The lowest BCUT2D eigenvalue weighted by atomic mass is 9.89. The molecule has 0 unspecified atom stereocenters. The summed E-state index contributed by atoms with van der Waals surface area (Å²) in [4.78, 5) is 37.7. The number of primary amides is 1. The van der Waals surface area contributed by atoms with E-state index < -0.39 is 71.4 Å². The van der Waals surface area contributed by atoms with Crippen LogP contribution in [0, 0.1) is 6.92 Å². The number of nitrogens with one attached hydrogen (secondary N) is 1. The second-order valence-corrected chi connectivity index (χ2v) is 11.5. The molecule has 1 saturated heterocycles. The number of aliphatic hydroxyl groups is 1.